The van der Waals surface area contributed by atoms with E-state index in [2.05, 4.69) is 18.3 Å². The molecule has 6 heavy (non-hydrogen) atoms. The van der Waals surface area contributed by atoms with Crippen LogP contribution in [0.25, 0.3) is 0 Å². The van der Waals surface area contributed by atoms with Crippen molar-refractivity contribution in [3.63, 3.8) is 0 Å². The quantitative estimate of drug-likeness (QED) is 0.455. The molecular formula is C5H9N. The maximum Gasteiger partial charge on any atom is 0.0202 e. The van der Waals surface area contributed by atoms with Gasteiger partial charge < -0.3 is 5.32 Å². The van der Waals surface area contributed by atoms with Crippen LogP contribution in [0.2, 0.25) is 0 Å². The normalized spacial score (nSPS) is 30.5. The van der Waals surface area contributed by atoms with Crippen molar-refractivity contribution >= 4 is 0 Å². The second-order valence-electron chi connectivity index (χ2n) is 1.74. The van der Waals surface area contributed by atoms with E-state index in [1.807, 2.05) is 6.20 Å². The standard InChI is InChI=1S/C5H9N/c1-5-2-3-6-4-5/h2-3,5-6H,4H2,1H3/t5-/m0/s1. The zero-order valence-corrected chi connectivity index (χ0v) is 3.94. The first-order valence-electron chi connectivity index (χ1n) is 2.29. The van der Waals surface area contributed by atoms with Crippen LogP contribution in [0.1, 0.15) is 6.92 Å². The van der Waals surface area contributed by atoms with Gasteiger partial charge in [-0.15, -0.1) is 0 Å². The lowest BCUT2D eigenvalue weighted by Gasteiger charge is -1.91. The Morgan fingerprint density at radius 1 is 1.83 bits per heavy atom. The first kappa shape index (κ1) is 3.72. The van der Waals surface area contributed by atoms with Gasteiger partial charge in [-0.2, -0.15) is 0 Å². The first-order valence-corrected chi connectivity index (χ1v) is 2.29. The second-order valence-corrected chi connectivity index (χ2v) is 1.74. The summed E-state index contributed by atoms with van der Waals surface area (Å²) in [6, 6.07) is 0. The molecular weight excluding hydrogens is 74.1 g/mol. The summed E-state index contributed by atoms with van der Waals surface area (Å²) in [4.78, 5) is 0. The first-order chi connectivity index (χ1) is 2.89. The van der Waals surface area contributed by atoms with Crippen LogP contribution in [-0.2, 0) is 0 Å². The van der Waals surface area contributed by atoms with Crippen molar-refractivity contribution in [1.29, 1.82) is 0 Å². The third kappa shape index (κ3) is 0.534. The van der Waals surface area contributed by atoms with Gasteiger partial charge >= 0.3 is 0 Å². The molecule has 0 spiro atoms. The monoisotopic (exact) mass is 83.1 g/mol. The van der Waals surface area contributed by atoms with Gasteiger partial charge in [-0.1, -0.05) is 13.0 Å². The average molecular weight is 83.1 g/mol. The Labute approximate surface area is 38.1 Å². The Bertz CT molecular complexity index is 66.3. The fourth-order valence-corrected chi connectivity index (χ4v) is 0.554. The summed E-state index contributed by atoms with van der Waals surface area (Å²) >= 11 is 0. The summed E-state index contributed by atoms with van der Waals surface area (Å²) in [5, 5.41) is 3.09. The fraction of sp³-hybridized carbons (Fsp3) is 0.600. The van der Waals surface area contributed by atoms with Crippen molar-refractivity contribution < 1.29 is 0 Å². The summed E-state index contributed by atoms with van der Waals surface area (Å²) in [6.07, 6.45) is 4.17. The van der Waals surface area contributed by atoms with Crippen molar-refractivity contribution in [2.75, 3.05) is 6.54 Å². The van der Waals surface area contributed by atoms with Crippen LogP contribution in [0, 0.1) is 5.92 Å². The molecule has 1 N–H and O–H groups in total. The molecule has 0 unspecified atom stereocenters. The van der Waals surface area contributed by atoms with Crippen molar-refractivity contribution in [3.8, 4) is 0 Å². The maximum absolute atomic E-state index is 3.09. The fourth-order valence-electron chi connectivity index (χ4n) is 0.554. The molecule has 1 aliphatic rings. The van der Waals surface area contributed by atoms with E-state index in [1.165, 1.54) is 0 Å². The third-order valence-electron chi connectivity index (χ3n) is 0.982. The van der Waals surface area contributed by atoms with Gasteiger partial charge in [0.25, 0.3) is 0 Å². The van der Waals surface area contributed by atoms with Crippen LogP contribution < -0.4 is 5.32 Å². The molecule has 0 amide bonds. The molecule has 34 valence electrons. The number of nitrogens with one attached hydrogen (secondary N) is 1. The molecule has 0 radical (unpaired) electrons. The van der Waals surface area contributed by atoms with Crippen LogP contribution in [0.4, 0.5) is 0 Å². The van der Waals surface area contributed by atoms with E-state index in [0.717, 1.165) is 12.5 Å². The minimum Gasteiger partial charge on any atom is -0.391 e. The van der Waals surface area contributed by atoms with Crippen molar-refractivity contribution in [3.05, 3.63) is 12.3 Å². The molecule has 1 heteroatoms. The molecule has 0 aliphatic carbocycles. The Morgan fingerprint density at radius 3 is 2.83 bits per heavy atom. The highest BCUT2D eigenvalue weighted by Gasteiger charge is 1.97. The smallest absolute Gasteiger partial charge is 0.0202 e. The second kappa shape index (κ2) is 1.33. The molecule has 0 bridgehead atoms. The van der Waals surface area contributed by atoms with E-state index in [4.69, 9.17) is 0 Å². The Balaban J connectivity index is 2.38. The van der Waals surface area contributed by atoms with Crippen molar-refractivity contribution in [1.82, 2.24) is 5.32 Å². The van der Waals surface area contributed by atoms with E-state index in [-0.39, 0.29) is 0 Å². The van der Waals surface area contributed by atoms with E-state index in [0.29, 0.717) is 0 Å². The summed E-state index contributed by atoms with van der Waals surface area (Å²) < 4.78 is 0. The molecule has 1 heterocycles. The molecule has 0 saturated carbocycles. The highest BCUT2D eigenvalue weighted by atomic mass is 14.8. The van der Waals surface area contributed by atoms with E-state index < -0.39 is 0 Å². The predicted molar refractivity (Wildman–Crippen MR) is 26.3 cm³/mol. The van der Waals surface area contributed by atoms with Crippen molar-refractivity contribution in [2.45, 2.75) is 6.92 Å². The summed E-state index contributed by atoms with van der Waals surface area (Å²) in [6.45, 7) is 3.32. The molecule has 0 fully saturated rings. The zero-order valence-electron chi connectivity index (χ0n) is 3.94. The Kier molecular flexibility index (Phi) is 0.825. The lowest BCUT2D eigenvalue weighted by molar-refractivity contribution is 0.724. The van der Waals surface area contributed by atoms with Gasteiger partial charge in [0.1, 0.15) is 0 Å². The molecule has 0 aromatic carbocycles. The van der Waals surface area contributed by atoms with Gasteiger partial charge in [0.15, 0.2) is 0 Å². The van der Waals surface area contributed by atoms with E-state index in [1.54, 1.807) is 0 Å². The minimum atomic E-state index is 0.755. The number of rotatable bonds is 0. The molecule has 1 rings (SSSR count). The zero-order chi connectivity index (χ0) is 4.41. The van der Waals surface area contributed by atoms with Gasteiger partial charge in [0, 0.05) is 6.54 Å². The number of hydrogen-bond donors (Lipinski definition) is 1. The molecule has 0 aromatic heterocycles. The van der Waals surface area contributed by atoms with Gasteiger partial charge in [-0.3, -0.25) is 0 Å². The lowest BCUT2D eigenvalue weighted by atomic mass is 10.2. The predicted octanol–water partition coefficient (Wildman–Crippen LogP) is 0.739. The van der Waals surface area contributed by atoms with Crippen LogP contribution in [0.3, 0.4) is 0 Å². The van der Waals surface area contributed by atoms with E-state index >= 15 is 0 Å². The molecule has 1 atom stereocenters. The third-order valence-corrected chi connectivity index (χ3v) is 0.982. The molecule has 1 nitrogen and oxygen atoms in total. The van der Waals surface area contributed by atoms with Crippen molar-refractivity contribution in [2.24, 2.45) is 5.92 Å². The Morgan fingerprint density at radius 2 is 2.67 bits per heavy atom. The van der Waals surface area contributed by atoms with Gasteiger partial charge in [0.2, 0.25) is 0 Å². The SMILES string of the molecule is C[C@H]1C=CNC1. The van der Waals surface area contributed by atoms with Gasteiger partial charge in [-0.25, -0.2) is 0 Å². The van der Waals surface area contributed by atoms with E-state index in [9.17, 15) is 0 Å². The molecule has 1 aliphatic heterocycles. The Hall–Kier alpha value is -0.460. The van der Waals surface area contributed by atoms with Crippen LogP contribution in [0.15, 0.2) is 12.3 Å². The largest absolute Gasteiger partial charge is 0.391 e. The summed E-state index contributed by atoms with van der Waals surface area (Å²) in [5.74, 6) is 0.755. The number of hydrogen-bond acceptors (Lipinski definition) is 1. The minimum absolute atomic E-state index is 0.755. The highest BCUT2D eigenvalue weighted by Crippen LogP contribution is 1.98. The van der Waals surface area contributed by atoms with Gasteiger partial charge in [-0.05, 0) is 12.1 Å². The highest BCUT2D eigenvalue weighted by molar-refractivity contribution is 4.92. The van der Waals surface area contributed by atoms with Gasteiger partial charge in [0.05, 0.1) is 0 Å². The topological polar surface area (TPSA) is 12.0 Å². The summed E-state index contributed by atoms with van der Waals surface area (Å²) in [5.41, 5.74) is 0. The molecule has 0 saturated heterocycles. The maximum atomic E-state index is 3.09. The average Bonchev–Trinajstić information content (AvgIpc) is 1.86. The van der Waals surface area contributed by atoms with Crippen LogP contribution in [0.5, 0.6) is 0 Å². The van der Waals surface area contributed by atoms with Crippen LogP contribution in [-0.4, -0.2) is 6.54 Å². The summed E-state index contributed by atoms with van der Waals surface area (Å²) in [7, 11) is 0. The lowest BCUT2D eigenvalue weighted by Crippen LogP contribution is -2.04. The molecule has 0 aromatic rings. The van der Waals surface area contributed by atoms with Crippen LogP contribution >= 0.6 is 0 Å².